The maximum atomic E-state index is 13.0. The van der Waals surface area contributed by atoms with E-state index in [0.29, 0.717) is 41.7 Å². The van der Waals surface area contributed by atoms with Crippen molar-refractivity contribution in [2.24, 2.45) is 0 Å². The minimum absolute atomic E-state index is 0.318. The summed E-state index contributed by atoms with van der Waals surface area (Å²) in [5.41, 5.74) is 4.44. The third kappa shape index (κ3) is 5.66. The minimum atomic E-state index is -0.339. The van der Waals surface area contributed by atoms with Crippen molar-refractivity contribution < 1.29 is 19.1 Å². The molecular weight excluding hydrogens is 458 g/mol. The van der Waals surface area contributed by atoms with Crippen molar-refractivity contribution in [3.05, 3.63) is 107 Å². The number of aryl methyl sites for hydroxylation is 1. The Morgan fingerprint density at radius 2 is 1.80 bits per heavy atom. The van der Waals surface area contributed by atoms with E-state index in [1.54, 1.807) is 36.4 Å². The van der Waals surface area contributed by atoms with E-state index in [0.717, 1.165) is 28.5 Å². The highest BCUT2D eigenvalue weighted by Crippen LogP contribution is 2.39. The normalized spacial score (nSPS) is 14.5. The summed E-state index contributed by atoms with van der Waals surface area (Å²) in [6.45, 7) is 8.70. The predicted octanol–water partition coefficient (Wildman–Crippen LogP) is 6.94. The summed E-state index contributed by atoms with van der Waals surface area (Å²) >= 11 is 0.929. The van der Waals surface area contributed by atoms with E-state index in [9.17, 15) is 9.59 Å². The molecule has 2 amide bonds. The van der Waals surface area contributed by atoms with Gasteiger partial charge in [-0.05, 0) is 73.5 Å². The van der Waals surface area contributed by atoms with Crippen molar-refractivity contribution in [3.8, 4) is 11.5 Å². The van der Waals surface area contributed by atoms with Crippen LogP contribution in [-0.4, -0.2) is 17.8 Å². The maximum absolute atomic E-state index is 13.0. The maximum Gasteiger partial charge on any atom is 0.298 e. The Labute approximate surface area is 210 Å². The Balaban J connectivity index is 1.66. The number of thioether (sulfide) groups is 1. The van der Waals surface area contributed by atoms with Crippen LogP contribution in [0, 0.1) is 6.92 Å². The molecule has 3 aromatic rings. The number of amides is 2. The monoisotopic (exact) mass is 485 g/mol. The van der Waals surface area contributed by atoms with Crippen molar-refractivity contribution in [2.45, 2.75) is 26.9 Å². The molecule has 6 heteroatoms. The first kappa shape index (κ1) is 24.4. The van der Waals surface area contributed by atoms with E-state index >= 15 is 0 Å². The van der Waals surface area contributed by atoms with E-state index in [1.807, 2.05) is 50.2 Å². The zero-order valence-electron chi connectivity index (χ0n) is 19.8. The van der Waals surface area contributed by atoms with Gasteiger partial charge in [0, 0.05) is 5.56 Å². The molecule has 0 unspecified atom stereocenters. The highest BCUT2D eigenvalue weighted by atomic mass is 32.2. The highest BCUT2D eigenvalue weighted by Gasteiger charge is 2.36. The topological polar surface area (TPSA) is 55.8 Å². The first-order chi connectivity index (χ1) is 17.0. The fourth-order valence-corrected chi connectivity index (χ4v) is 4.72. The molecular formula is C29H27NO4S. The van der Waals surface area contributed by atoms with Gasteiger partial charge in [0.25, 0.3) is 11.1 Å². The Bertz CT molecular complexity index is 1280. The molecule has 5 nitrogen and oxygen atoms in total. The van der Waals surface area contributed by atoms with Gasteiger partial charge in [0.15, 0.2) is 11.5 Å². The number of rotatable bonds is 9. The van der Waals surface area contributed by atoms with E-state index in [-0.39, 0.29) is 11.1 Å². The number of anilines is 1. The molecule has 0 aliphatic carbocycles. The minimum Gasteiger partial charge on any atom is -0.490 e. The van der Waals surface area contributed by atoms with Crippen LogP contribution in [0.5, 0.6) is 11.5 Å². The van der Waals surface area contributed by atoms with Crippen LogP contribution < -0.4 is 14.4 Å². The lowest BCUT2D eigenvalue weighted by molar-refractivity contribution is -0.113. The third-order valence-corrected chi connectivity index (χ3v) is 6.26. The van der Waals surface area contributed by atoms with Crippen LogP contribution in [0.3, 0.4) is 0 Å². The summed E-state index contributed by atoms with van der Waals surface area (Å²) in [6, 6.07) is 20.9. The summed E-state index contributed by atoms with van der Waals surface area (Å²) in [5, 5.41) is -0.318. The molecule has 3 aromatic carbocycles. The number of ether oxygens (including phenoxy) is 2. The number of para-hydroxylation sites is 1. The molecule has 1 fully saturated rings. The number of hydrogen-bond donors (Lipinski definition) is 0. The fourth-order valence-electron chi connectivity index (χ4n) is 3.88. The average Bonchev–Trinajstić information content (AvgIpc) is 3.12. The molecule has 1 heterocycles. The van der Waals surface area contributed by atoms with Gasteiger partial charge in [-0.3, -0.25) is 9.59 Å². The van der Waals surface area contributed by atoms with Gasteiger partial charge in [-0.1, -0.05) is 54.1 Å². The molecule has 1 saturated heterocycles. The number of carbonyl (C=O) groups excluding carboxylic acids is 2. The van der Waals surface area contributed by atoms with Crippen LogP contribution in [-0.2, 0) is 17.8 Å². The predicted molar refractivity (Wildman–Crippen MR) is 142 cm³/mol. The number of nitrogens with zero attached hydrogens (tertiary/aromatic N) is 1. The van der Waals surface area contributed by atoms with E-state index in [4.69, 9.17) is 9.47 Å². The summed E-state index contributed by atoms with van der Waals surface area (Å²) < 4.78 is 12.1. The molecule has 178 valence electrons. The van der Waals surface area contributed by atoms with Gasteiger partial charge in [-0.15, -0.1) is 6.58 Å². The third-order valence-electron chi connectivity index (χ3n) is 5.39. The molecule has 0 aromatic heterocycles. The molecule has 0 atom stereocenters. The second-order valence-corrected chi connectivity index (χ2v) is 9.06. The van der Waals surface area contributed by atoms with E-state index in [1.165, 1.54) is 10.5 Å². The molecule has 0 bridgehead atoms. The number of imide groups is 1. The molecule has 35 heavy (non-hydrogen) atoms. The van der Waals surface area contributed by atoms with Gasteiger partial charge < -0.3 is 9.47 Å². The quantitative estimate of drug-likeness (QED) is 0.243. The Hall–Kier alpha value is -3.77. The Morgan fingerprint density at radius 3 is 2.51 bits per heavy atom. The Kier molecular flexibility index (Phi) is 7.73. The number of carbonyl (C=O) groups is 2. The van der Waals surface area contributed by atoms with Crippen molar-refractivity contribution in [1.29, 1.82) is 0 Å². The number of allylic oxidation sites excluding steroid dienone is 1. The van der Waals surface area contributed by atoms with Crippen molar-refractivity contribution in [1.82, 2.24) is 0 Å². The molecule has 0 radical (unpaired) electrons. The highest BCUT2D eigenvalue weighted by molar-refractivity contribution is 8.19. The molecule has 1 aliphatic rings. The lowest BCUT2D eigenvalue weighted by Crippen LogP contribution is -2.27. The van der Waals surface area contributed by atoms with Crippen molar-refractivity contribution in [2.75, 3.05) is 11.5 Å². The zero-order chi connectivity index (χ0) is 24.8. The lowest BCUT2D eigenvalue weighted by Gasteiger charge is -2.17. The van der Waals surface area contributed by atoms with Gasteiger partial charge in [-0.2, -0.15) is 0 Å². The van der Waals surface area contributed by atoms with E-state index in [2.05, 4.69) is 12.6 Å². The molecule has 0 spiro atoms. The summed E-state index contributed by atoms with van der Waals surface area (Å²) in [4.78, 5) is 27.2. The van der Waals surface area contributed by atoms with Crippen LogP contribution >= 0.6 is 11.8 Å². The van der Waals surface area contributed by atoms with Gasteiger partial charge in [-0.25, -0.2) is 4.90 Å². The average molecular weight is 486 g/mol. The lowest BCUT2D eigenvalue weighted by atomic mass is 10.0. The van der Waals surface area contributed by atoms with Crippen LogP contribution in [0.4, 0.5) is 10.5 Å². The molecule has 4 rings (SSSR count). The van der Waals surface area contributed by atoms with Gasteiger partial charge in [0.2, 0.25) is 0 Å². The smallest absolute Gasteiger partial charge is 0.298 e. The van der Waals surface area contributed by atoms with Gasteiger partial charge >= 0.3 is 0 Å². The van der Waals surface area contributed by atoms with Gasteiger partial charge in [0.1, 0.15) is 6.61 Å². The second-order valence-electron chi connectivity index (χ2n) is 8.06. The van der Waals surface area contributed by atoms with Gasteiger partial charge in [0.05, 0.1) is 17.2 Å². The number of benzene rings is 3. The Morgan fingerprint density at radius 1 is 1.00 bits per heavy atom. The molecule has 1 aliphatic heterocycles. The fraction of sp³-hybridized carbons (Fsp3) is 0.172. The standard InChI is InChI=1S/C29H27NO4S/c1-4-10-23-16-22(18-26-28(31)30(29(32)35-26)24-13-7-6-8-14-24)17-25(33-5-2)27(23)34-19-21-12-9-11-20(3)15-21/h4,6-9,11-18H,1,5,10,19H2,2-3H3/b26-18-. The van der Waals surface area contributed by atoms with Crippen LogP contribution in [0.25, 0.3) is 6.08 Å². The first-order valence-corrected chi connectivity index (χ1v) is 12.2. The summed E-state index contributed by atoms with van der Waals surface area (Å²) in [7, 11) is 0. The van der Waals surface area contributed by atoms with Crippen LogP contribution in [0.2, 0.25) is 0 Å². The second kappa shape index (κ2) is 11.1. The first-order valence-electron chi connectivity index (χ1n) is 11.4. The largest absolute Gasteiger partial charge is 0.490 e. The molecule has 0 N–H and O–H groups in total. The van der Waals surface area contributed by atoms with Crippen LogP contribution in [0.15, 0.2) is 84.3 Å². The zero-order valence-corrected chi connectivity index (χ0v) is 20.6. The molecule has 0 saturated carbocycles. The number of hydrogen-bond acceptors (Lipinski definition) is 5. The summed E-state index contributed by atoms with van der Waals surface area (Å²) in [5.74, 6) is 0.907. The SMILES string of the molecule is C=CCc1cc(/C=C2\SC(=O)N(c3ccccc3)C2=O)cc(OCC)c1OCc1cccc(C)c1. The van der Waals surface area contributed by atoms with E-state index < -0.39 is 0 Å². The van der Waals surface area contributed by atoms with Crippen molar-refractivity contribution >= 4 is 34.7 Å². The van der Waals surface area contributed by atoms with Crippen LogP contribution in [0.1, 0.15) is 29.2 Å². The van der Waals surface area contributed by atoms with Crippen molar-refractivity contribution in [3.63, 3.8) is 0 Å². The summed E-state index contributed by atoms with van der Waals surface area (Å²) in [6.07, 6.45) is 4.10.